The second-order valence-electron chi connectivity index (χ2n) is 6.70. The lowest BCUT2D eigenvalue weighted by Gasteiger charge is -2.10. The van der Waals surface area contributed by atoms with Crippen molar-refractivity contribution in [3.05, 3.63) is 34.9 Å². The molecule has 1 aromatic carbocycles. The van der Waals surface area contributed by atoms with Crippen molar-refractivity contribution >= 4 is 5.78 Å². The van der Waals surface area contributed by atoms with Gasteiger partial charge in [0.2, 0.25) is 0 Å². The molecule has 0 N–H and O–H groups in total. The van der Waals surface area contributed by atoms with Gasteiger partial charge < -0.3 is 0 Å². The molecule has 1 heteroatoms. The summed E-state index contributed by atoms with van der Waals surface area (Å²) in [6, 6.07) is 6.26. The van der Waals surface area contributed by atoms with Gasteiger partial charge in [0.15, 0.2) is 5.78 Å². The Morgan fingerprint density at radius 3 is 2.39 bits per heavy atom. The molecule has 0 spiro atoms. The van der Waals surface area contributed by atoms with Crippen LogP contribution in [0.1, 0.15) is 40.7 Å². The third kappa shape index (κ3) is 1.31. The molecule has 0 aliphatic heterocycles. The van der Waals surface area contributed by atoms with Crippen LogP contribution in [0.15, 0.2) is 18.2 Å². The first-order valence-corrected chi connectivity index (χ1v) is 7.28. The van der Waals surface area contributed by atoms with Crippen molar-refractivity contribution < 1.29 is 4.79 Å². The lowest BCUT2D eigenvalue weighted by molar-refractivity contribution is 0.0944. The summed E-state index contributed by atoms with van der Waals surface area (Å²) in [6.07, 6.45) is 4.21. The molecule has 0 radical (unpaired) electrons. The molecule has 1 aromatic rings. The van der Waals surface area contributed by atoms with E-state index in [0.717, 1.165) is 34.8 Å². The summed E-state index contributed by atoms with van der Waals surface area (Å²) in [6.45, 7) is 4.17. The van der Waals surface area contributed by atoms with Crippen molar-refractivity contribution in [3.63, 3.8) is 0 Å². The highest BCUT2D eigenvalue weighted by Crippen LogP contribution is 2.69. The van der Waals surface area contributed by atoms with Crippen molar-refractivity contribution in [1.29, 1.82) is 0 Å². The van der Waals surface area contributed by atoms with E-state index in [9.17, 15) is 4.79 Å². The number of ketones is 1. The molecule has 3 aliphatic carbocycles. The Morgan fingerprint density at radius 2 is 1.78 bits per heavy atom. The molecule has 0 saturated heterocycles. The van der Waals surface area contributed by atoms with E-state index >= 15 is 0 Å². The van der Waals surface area contributed by atoms with Gasteiger partial charge in [-0.15, -0.1) is 0 Å². The van der Waals surface area contributed by atoms with Gasteiger partial charge in [0.1, 0.15) is 0 Å². The molecule has 3 saturated carbocycles. The molecule has 4 atom stereocenters. The van der Waals surface area contributed by atoms with Gasteiger partial charge in [0, 0.05) is 11.5 Å². The maximum absolute atomic E-state index is 12.7. The molecule has 4 rings (SSSR count). The molecule has 0 aromatic heterocycles. The number of benzene rings is 1. The molecule has 0 heterocycles. The van der Waals surface area contributed by atoms with Crippen LogP contribution in [0, 0.1) is 43.4 Å². The first-order chi connectivity index (χ1) is 8.66. The Kier molecular flexibility index (Phi) is 2.07. The summed E-state index contributed by atoms with van der Waals surface area (Å²) in [5.74, 6) is 4.13. The van der Waals surface area contributed by atoms with Crippen molar-refractivity contribution in [2.24, 2.45) is 29.6 Å². The Labute approximate surface area is 109 Å². The van der Waals surface area contributed by atoms with E-state index in [1.54, 1.807) is 0 Å². The summed E-state index contributed by atoms with van der Waals surface area (Å²) in [4.78, 5) is 12.7. The lowest BCUT2D eigenvalue weighted by Crippen LogP contribution is -2.11. The van der Waals surface area contributed by atoms with Crippen LogP contribution in [0.4, 0.5) is 0 Å². The van der Waals surface area contributed by atoms with Crippen LogP contribution in [0.25, 0.3) is 0 Å². The predicted octanol–water partition coefficient (Wildman–Crippen LogP) is 3.78. The molecule has 1 nitrogen and oxygen atoms in total. The van der Waals surface area contributed by atoms with E-state index in [2.05, 4.69) is 26.0 Å². The van der Waals surface area contributed by atoms with Gasteiger partial charge in [-0.3, -0.25) is 4.79 Å². The highest BCUT2D eigenvalue weighted by Gasteiger charge is 2.67. The van der Waals surface area contributed by atoms with Crippen LogP contribution in [-0.2, 0) is 0 Å². The minimum absolute atomic E-state index is 0.387. The van der Waals surface area contributed by atoms with Crippen molar-refractivity contribution in [3.8, 4) is 0 Å². The minimum atomic E-state index is 0.387. The summed E-state index contributed by atoms with van der Waals surface area (Å²) < 4.78 is 0. The molecule has 3 fully saturated rings. The SMILES string of the molecule is Cc1ccc(C(=O)C2C3C4CCC(C4)C23)c(C)c1. The standard InChI is InChI=1S/C17H20O/c1-9-3-6-13(10(2)7-9)17(18)16-14-11-4-5-12(8-11)15(14)16/h3,6-7,11-12,14-16H,4-5,8H2,1-2H3. The first kappa shape index (κ1) is 10.8. The van der Waals surface area contributed by atoms with Crippen LogP contribution < -0.4 is 0 Å². The number of hydrogen-bond acceptors (Lipinski definition) is 1. The Hall–Kier alpha value is -1.11. The molecule has 4 unspecified atom stereocenters. The van der Waals surface area contributed by atoms with Crippen LogP contribution in [0.3, 0.4) is 0 Å². The minimum Gasteiger partial charge on any atom is -0.294 e. The summed E-state index contributed by atoms with van der Waals surface area (Å²) in [5, 5.41) is 0. The molecular weight excluding hydrogens is 220 g/mol. The molecule has 0 amide bonds. The van der Waals surface area contributed by atoms with Gasteiger partial charge in [-0.05, 0) is 62.3 Å². The third-order valence-corrected chi connectivity index (χ3v) is 5.69. The molecule has 94 valence electrons. The third-order valence-electron chi connectivity index (χ3n) is 5.69. The van der Waals surface area contributed by atoms with Crippen LogP contribution in [0.2, 0.25) is 0 Å². The van der Waals surface area contributed by atoms with Gasteiger partial charge in [-0.1, -0.05) is 23.8 Å². The smallest absolute Gasteiger partial charge is 0.166 e. The van der Waals surface area contributed by atoms with Gasteiger partial charge in [-0.25, -0.2) is 0 Å². The monoisotopic (exact) mass is 240 g/mol. The first-order valence-electron chi connectivity index (χ1n) is 7.28. The van der Waals surface area contributed by atoms with E-state index in [0.29, 0.717) is 11.7 Å². The summed E-state index contributed by atoms with van der Waals surface area (Å²) in [7, 11) is 0. The topological polar surface area (TPSA) is 17.1 Å². The average molecular weight is 240 g/mol. The maximum atomic E-state index is 12.7. The number of carbonyl (C=O) groups is 1. The fraction of sp³-hybridized carbons (Fsp3) is 0.588. The van der Waals surface area contributed by atoms with Crippen LogP contribution in [-0.4, -0.2) is 5.78 Å². The normalized spacial score (nSPS) is 39.8. The van der Waals surface area contributed by atoms with E-state index in [-0.39, 0.29) is 0 Å². The Morgan fingerprint density at radius 1 is 1.11 bits per heavy atom. The molecule has 2 bridgehead atoms. The fourth-order valence-electron chi connectivity index (χ4n) is 4.95. The molecule has 18 heavy (non-hydrogen) atoms. The highest BCUT2D eigenvalue weighted by atomic mass is 16.1. The lowest BCUT2D eigenvalue weighted by atomic mass is 9.93. The predicted molar refractivity (Wildman–Crippen MR) is 71.5 cm³/mol. The largest absolute Gasteiger partial charge is 0.294 e. The van der Waals surface area contributed by atoms with Gasteiger partial charge in [-0.2, -0.15) is 0 Å². The number of fused-ring (bicyclic) bond motifs is 5. The van der Waals surface area contributed by atoms with E-state index < -0.39 is 0 Å². The quantitative estimate of drug-likeness (QED) is 0.719. The van der Waals surface area contributed by atoms with Gasteiger partial charge in [0.05, 0.1) is 0 Å². The van der Waals surface area contributed by atoms with Crippen molar-refractivity contribution in [1.82, 2.24) is 0 Å². The average Bonchev–Trinajstić information content (AvgIpc) is 2.77. The number of carbonyl (C=O) groups excluding carboxylic acids is 1. The van der Waals surface area contributed by atoms with Crippen LogP contribution in [0.5, 0.6) is 0 Å². The Balaban J connectivity index is 1.62. The van der Waals surface area contributed by atoms with Gasteiger partial charge >= 0.3 is 0 Å². The van der Waals surface area contributed by atoms with Crippen molar-refractivity contribution in [2.75, 3.05) is 0 Å². The molecular formula is C17H20O. The zero-order chi connectivity index (χ0) is 12.4. The highest BCUT2D eigenvalue weighted by molar-refractivity contribution is 6.01. The molecule has 3 aliphatic rings. The Bertz CT molecular complexity index is 514. The van der Waals surface area contributed by atoms with Gasteiger partial charge in [0.25, 0.3) is 0 Å². The fourth-order valence-corrected chi connectivity index (χ4v) is 4.95. The van der Waals surface area contributed by atoms with Crippen LogP contribution >= 0.6 is 0 Å². The van der Waals surface area contributed by atoms with E-state index in [1.165, 1.54) is 24.8 Å². The van der Waals surface area contributed by atoms with E-state index in [4.69, 9.17) is 0 Å². The number of aryl methyl sites for hydroxylation is 2. The zero-order valence-electron chi connectivity index (χ0n) is 11.1. The number of hydrogen-bond donors (Lipinski definition) is 0. The van der Waals surface area contributed by atoms with E-state index in [1.807, 2.05) is 6.07 Å². The maximum Gasteiger partial charge on any atom is 0.166 e. The zero-order valence-corrected chi connectivity index (χ0v) is 11.1. The number of rotatable bonds is 2. The second kappa shape index (κ2) is 3.46. The summed E-state index contributed by atoms with van der Waals surface area (Å²) in [5.41, 5.74) is 3.40. The second-order valence-corrected chi connectivity index (χ2v) is 6.70. The number of Topliss-reactive ketones (excluding diaryl/α,β-unsaturated/α-hetero) is 1. The summed E-state index contributed by atoms with van der Waals surface area (Å²) >= 11 is 0. The van der Waals surface area contributed by atoms with Crippen molar-refractivity contribution in [2.45, 2.75) is 33.1 Å².